The van der Waals surface area contributed by atoms with Crippen molar-refractivity contribution in [1.29, 1.82) is 0 Å². The van der Waals surface area contributed by atoms with Crippen LogP contribution in [0.25, 0.3) is 0 Å². The molecule has 1 atom stereocenters. The quantitative estimate of drug-likeness (QED) is 0.452. The predicted octanol–water partition coefficient (Wildman–Crippen LogP) is 4.01. The van der Waals surface area contributed by atoms with Crippen molar-refractivity contribution in [3.05, 3.63) is 105 Å². The van der Waals surface area contributed by atoms with Crippen molar-refractivity contribution >= 4 is 40.9 Å². The van der Waals surface area contributed by atoms with Gasteiger partial charge in [-0.2, -0.15) is 0 Å². The molecular weight excluding hydrogens is 511 g/mol. The highest BCUT2D eigenvalue weighted by atomic mass is 35.5. The van der Waals surface area contributed by atoms with Crippen LogP contribution in [0.5, 0.6) is 0 Å². The van der Waals surface area contributed by atoms with Gasteiger partial charge in [-0.05, 0) is 41.3 Å². The molecule has 4 rings (SSSR count). The Morgan fingerprint density at radius 1 is 0.838 bits per heavy atom. The number of aryl methyl sites for hydroxylation is 1. The number of hydrogen-bond acceptors (Lipinski definition) is 4. The summed E-state index contributed by atoms with van der Waals surface area (Å²) in [5.41, 5.74) is 8.87. The van der Waals surface area contributed by atoms with E-state index < -0.39 is 18.0 Å². The molecule has 192 valence electrons. The first-order valence-corrected chi connectivity index (χ1v) is 12.8. The molecule has 1 fully saturated rings. The number of rotatable bonds is 8. The highest BCUT2D eigenvalue weighted by Crippen LogP contribution is 2.26. The summed E-state index contributed by atoms with van der Waals surface area (Å²) in [5.74, 6) is -1.03. The van der Waals surface area contributed by atoms with Crippen molar-refractivity contribution in [2.75, 3.05) is 13.1 Å². The van der Waals surface area contributed by atoms with Gasteiger partial charge >= 0.3 is 0 Å². The van der Waals surface area contributed by atoms with Crippen LogP contribution in [-0.2, 0) is 29.1 Å². The normalized spacial score (nSPS) is 15.1. The lowest BCUT2D eigenvalue weighted by Crippen LogP contribution is -2.53. The average molecular weight is 539 g/mol. The van der Waals surface area contributed by atoms with Crippen LogP contribution in [0.3, 0.4) is 0 Å². The first kappa shape index (κ1) is 26.7. The van der Waals surface area contributed by atoms with Crippen molar-refractivity contribution in [1.82, 2.24) is 15.1 Å². The van der Waals surface area contributed by atoms with E-state index in [1.165, 1.54) is 21.9 Å². The Labute approximate surface area is 226 Å². The largest absolute Gasteiger partial charge is 0.349 e. The Morgan fingerprint density at radius 3 is 2.27 bits per heavy atom. The molecule has 37 heavy (non-hydrogen) atoms. The summed E-state index contributed by atoms with van der Waals surface area (Å²) < 4.78 is 0. The minimum atomic E-state index is -1.08. The average Bonchev–Trinajstić information content (AvgIpc) is 3.37. The van der Waals surface area contributed by atoms with E-state index >= 15 is 0 Å². The van der Waals surface area contributed by atoms with Crippen LogP contribution < -0.4 is 11.1 Å². The van der Waals surface area contributed by atoms with Crippen LogP contribution in [0.15, 0.2) is 72.8 Å². The van der Waals surface area contributed by atoms with Crippen LogP contribution in [0.1, 0.15) is 33.5 Å². The monoisotopic (exact) mass is 538 g/mol. The number of carbonyl (C=O) groups excluding carboxylic acids is 3. The van der Waals surface area contributed by atoms with Crippen LogP contribution in [-0.4, -0.2) is 46.8 Å². The molecule has 0 aliphatic carbocycles. The minimum Gasteiger partial charge on any atom is -0.349 e. The fourth-order valence-electron chi connectivity index (χ4n) is 4.37. The number of nitrogens with one attached hydrogen (secondary N) is 1. The molecule has 1 aliphatic heterocycles. The molecule has 3 amide bonds. The molecule has 3 aromatic rings. The van der Waals surface area contributed by atoms with Crippen LogP contribution >= 0.6 is 23.2 Å². The molecule has 9 heteroatoms. The third kappa shape index (κ3) is 6.49. The summed E-state index contributed by atoms with van der Waals surface area (Å²) in [5, 5.41) is 3.46. The SMILES string of the molecule is NCc1cccc(CNC(=O)C2N(C(=O)CCc3ccccc3)CCN2C(=O)c2ccc(Cl)c(Cl)c2)c1. The zero-order valence-electron chi connectivity index (χ0n) is 20.2. The Kier molecular flexibility index (Phi) is 8.82. The zero-order chi connectivity index (χ0) is 26.4. The van der Waals surface area contributed by atoms with Crippen molar-refractivity contribution in [2.45, 2.75) is 32.1 Å². The maximum atomic E-state index is 13.5. The number of benzene rings is 3. The standard InChI is InChI=1S/C28H28Cl2N4O3/c29-23-11-10-22(16-24(23)30)28(37)34-14-13-33(25(35)12-9-19-5-2-1-3-6-19)27(34)26(36)32-18-21-8-4-7-20(15-21)17-31/h1-8,10-11,15-16,27H,9,12-14,17-18,31H2,(H,32,36). The lowest BCUT2D eigenvalue weighted by Gasteiger charge is -2.29. The second kappa shape index (κ2) is 12.2. The van der Waals surface area contributed by atoms with Crippen molar-refractivity contribution in [3.63, 3.8) is 0 Å². The molecule has 0 saturated carbocycles. The number of nitrogens with two attached hydrogens (primary N) is 1. The molecule has 0 bridgehead atoms. The predicted molar refractivity (Wildman–Crippen MR) is 144 cm³/mol. The summed E-state index contributed by atoms with van der Waals surface area (Å²) in [6.45, 7) is 1.10. The van der Waals surface area contributed by atoms with Crippen LogP contribution in [0.2, 0.25) is 10.0 Å². The van der Waals surface area contributed by atoms with Gasteiger partial charge in [0.25, 0.3) is 11.8 Å². The molecule has 7 nitrogen and oxygen atoms in total. The van der Waals surface area contributed by atoms with E-state index in [-0.39, 0.29) is 37.0 Å². The lowest BCUT2D eigenvalue weighted by atomic mass is 10.1. The molecule has 0 aromatic heterocycles. The van der Waals surface area contributed by atoms with E-state index in [1.807, 2.05) is 54.6 Å². The van der Waals surface area contributed by atoms with Gasteiger partial charge in [-0.3, -0.25) is 14.4 Å². The second-order valence-corrected chi connectivity index (χ2v) is 9.63. The first-order chi connectivity index (χ1) is 17.9. The molecule has 3 N–H and O–H groups in total. The van der Waals surface area contributed by atoms with Gasteiger partial charge in [0.15, 0.2) is 6.17 Å². The molecule has 1 heterocycles. The Bertz CT molecular complexity index is 1290. The van der Waals surface area contributed by atoms with Gasteiger partial charge in [0.2, 0.25) is 5.91 Å². The highest BCUT2D eigenvalue weighted by molar-refractivity contribution is 6.42. The number of halogens is 2. The van der Waals surface area contributed by atoms with Gasteiger partial charge in [0.05, 0.1) is 10.0 Å². The van der Waals surface area contributed by atoms with Gasteiger partial charge in [0.1, 0.15) is 0 Å². The lowest BCUT2D eigenvalue weighted by molar-refractivity contribution is -0.141. The van der Waals surface area contributed by atoms with E-state index in [4.69, 9.17) is 28.9 Å². The second-order valence-electron chi connectivity index (χ2n) is 8.82. The van der Waals surface area contributed by atoms with Gasteiger partial charge in [-0.15, -0.1) is 0 Å². The number of nitrogens with zero attached hydrogens (tertiary/aromatic N) is 2. The molecular formula is C28H28Cl2N4O3. The maximum absolute atomic E-state index is 13.5. The van der Waals surface area contributed by atoms with Crippen molar-refractivity contribution < 1.29 is 14.4 Å². The summed E-state index contributed by atoms with van der Waals surface area (Å²) >= 11 is 12.1. The smallest absolute Gasteiger partial charge is 0.264 e. The number of hydrogen-bond donors (Lipinski definition) is 2. The van der Waals surface area contributed by atoms with Crippen LogP contribution in [0.4, 0.5) is 0 Å². The van der Waals surface area contributed by atoms with E-state index in [1.54, 1.807) is 6.07 Å². The maximum Gasteiger partial charge on any atom is 0.264 e. The number of carbonyl (C=O) groups is 3. The Hall–Kier alpha value is -3.39. The molecule has 0 spiro atoms. The molecule has 1 aliphatic rings. The summed E-state index contributed by atoms with van der Waals surface area (Å²) in [7, 11) is 0. The highest BCUT2D eigenvalue weighted by Gasteiger charge is 2.42. The first-order valence-electron chi connectivity index (χ1n) is 12.0. The van der Waals surface area contributed by atoms with Crippen molar-refractivity contribution in [2.24, 2.45) is 5.73 Å². The Morgan fingerprint density at radius 2 is 1.54 bits per heavy atom. The van der Waals surface area contributed by atoms with E-state index in [0.717, 1.165) is 16.7 Å². The third-order valence-electron chi connectivity index (χ3n) is 6.32. The molecule has 1 unspecified atom stereocenters. The van der Waals surface area contributed by atoms with Gasteiger partial charge < -0.3 is 20.9 Å². The topological polar surface area (TPSA) is 95.7 Å². The van der Waals surface area contributed by atoms with Gasteiger partial charge in [0, 0.05) is 38.2 Å². The molecule has 3 aromatic carbocycles. The summed E-state index contributed by atoms with van der Waals surface area (Å²) in [6.07, 6.45) is -0.318. The molecule has 0 radical (unpaired) electrons. The molecule has 1 saturated heterocycles. The minimum absolute atomic E-state index is 0.196. The van der Waals surface area contributed by atoms with Gasteiger partial charge in [-0.1, -0.05) is 77.8 Å². The van der Waals surface area contributed by atoms with Crippen molar-refractivity contribution in [3.8, 4) is 0 Å². The van der Waals surface area contributed by atoms with E-state index in [2.05, 4.69) is 5.32 Å². The summed E-state index contributed by atoms with van der Waals surface area (Å²) in [6, 6.07) is 21.8. The Balaban J connectivity index is 1.54. The fraction of sp³-hybridized carbons (Fsp3) is 0.250. The van der Waals surface area contributed by atoms with Crippen LogP contribution in [0, 0.1) is 0 Å². The van der Waals surface area contributed by atoms with Gasteiger partial charge in [-0.25, -0.2) is 0 Å². The van der Waals surface area contributed by atoms with E-state index in [9.17, 15) is 14.4 Å². The third-order valence-corrected chi connectivity index (χ3v) is 7.06. The summed E-state index contributed by atoms with van der Waals surface area (Å²) in [4.78, 5) is 43.0. The van der Waals surface area contributed by atoms with E-state index in [0.29, 0.717) is 23.6 Å². The number of amides is 3. The zero-order valence-corrected chi connectivity index (χ0v) is 21.7. The fourth-order valence-corrected chi connectivity index (χ4v) is 4.66.